The van der Waals surface area contributed by atoms with Crippen LogP contribution in [0.5, 0.6) is 0 Å². The lowest BCUT2D eigenvalue weighted by Crippen LogP contribution is -2.30. The average Bonchev–Trinajstić information content (AvgIpc) is 3.33. The van der Waals surface area contributed by atoms with E-state index in [9.17, 15) is 14.4 Å². The number of rotatable bonds is 48. The lowest BCUT2D eigenvalue weighted by atomic mass is 10.1. The Labute approximate surface area is 412 Å². The van der Waals surface area contributed by atoms with Crippen LogP contribution in [0.15, 0.2) is 109 Å². The number of unbranched alkanes of at least 4 members (excludes halogenated alkanes) is 19. The summed E-state index contributed by atoms with van der Waals surface area (Å²) in [6.07, 6.45) is 73.8. The first-order valence-corrected chi connectivity index (χ1v) is 27.4. The van der Waals surface area contributed by atoms with Crippen LogP contribution in [0, 0.1) is 0 Å². The molecule has 0 bridgehead atoms. The number of carbonyl (C=O) groups excluding carboxylic acids is 3. The van der Waals surface area contributed by atoms with Gasteiger partial charge in [0.1, 0.15) is 13.2 Å². The molecule has 0 aromatic rings. The molecule has 0 aromatic carbocycles. The summed E-state index contributed by atoms with van der Waals surface area (Å²) in [6.45, 7) is 6.46. The molecule has 0 saturated carbocycles. The van der Waals surface area contributed by atoms with Gasteiger partial charge in [0.2, 0.25) is 0 Å². The highest BCUT2D eigenvalue weighted by Crippen LogP contribution is 2.12. The molecular weight excluding hydrogens is 829 g/mol. The summed E-state index contributed by atoms with van der Waals surface area (Å²) in [6, 6.07) is 0. The van der Waals surface area contributed by atoms with Crippen LogP contribution in [-0.4, -0.2) is 37.2 Å². The Hall–Kier alpha value is -3.93. The van der Waals surface area contributed by atoms with E-state index in [1.54, 1.807) is 0 Å². The fourth-order valence-electron chi connectivity index (χ4n) is 7.08. The van der Waals surface area contributed by atoms with Gasteiger partial charge in [-0.05, 0) is 116 Å². The van der Waals surface area contributed by atoms with E-state index in [4.69, 9.17) is 14.2 Å². The van der Waals surface area contributed by atoms with E-state index in [0.717, 1.165) is 77.0 Å². The van der Waals surface area contributed by atoms with Crippen molar-refractivity contribution in [2.45, 2.75) is 245 Å². The molecule has 0 unspecified atom stereocenters. The number of ether oxygens (including phenoxy) is 3. The highest BCUT2D eigenvalue weighted by Gasteiger charge is 2.19. The van der Waals surface area contributed by atoms with Gasteiger partial charge in [0.15, 0.2) is 6.10 Å². The summed E-state index contributed by atoms with van der Waals surface area (Å²) in [7, 11) is 0. The maximum atomic E-state index is 12.8. The third-order valence-corrected chi connectivity index (χ3v) is 11.2. The topological polar surface area (TPSA) is 78.9 Å². The Morgan fingerprint density at radius 2 is 0.582 bits per heavy atom. The SMILES string of the molecule is CCCCC/C=C\C/C=C\C/C=C\C/C=C\C/C=C\CCC(=O)OC[C@H](COC(=O)CCC/C=C\C/C=C\C/C=C\CCCCCCCC)OC(=O)CCCCCCC/C=C\CCCCCC. The number of hydrogen-bond donors (Lipinski definition) is 0. The zero-order chi connectivity index (χ0) is 48.6. The van der Waals surface area contributed by atoms with Crippen LogP contribution in [0.1, 0.15) is 239 Å². The Morgan fingerprint density at radius 1 is 0.299 bits per heavy atom. The zero-order valence-electron chi connectivity index (χ0n) is 43.4. The van der Waals surface area contributed by atoms with Gasteiger partial charge in [0, 0.05) is 19.3 Å². The van der Waals surface area contributed by atoms with Crippen molar-refractivity contribution in [3.8, 4) is 0 Å². The molecule has 0 radical (unpaired) electrons. The van der Waals surface area contributed by atoms with Crippen molar-refractivity contribution in [2.24, 2.45) is 0 Å². The van der Waals surface area contributed by atoms with E-state index in [-0.39, 0.29) is 50.4 Å². The molecule has 0 heterocycles. The number of esters is 3. The van der Waals surface area contributed by atoms with Gasteiger partial charge in [-0.25, -0.2) is 0 Å². The van der Waals surface area contributed by atoms with Gasteiger partial charge in [-0.15, -0.1) is 0 Å². The predicted molar refractivity (Wildman–Crippen MR) is 288 cm³/mol. The smallest absolute Gasteiger partial charge is 0.306 e. The minimum Gasteiger partial charge on any atom is -0.462 e. The number of hydrogen-bond acceptors (Lipinski definition) is 6. The van der Waals surface area contributed by atoms with Crippen molar-refractivity contribution >= 4 is 17.9 Å². The third-order valence-electron chi connectivity index (χ3n) is 11.2. The average molecular weight is 929 g/mol. The minimum absolute atomic E-state index is 0.132. The van der Waals surface area contributed by atoms with Gasteiger partial charge in [0.25, 0.3) is 0 Å². The first kappa shape index (κ1) is 63.1. The van der Waals surface area contributed by atoms with Crippen molar-refractivity contribution in [3.05, 3.63) is 109 Å². The molecule has 0 N–H and O–H groups in total. The fourth-order valence-corrected chi connectivity index (χ4v) is 7.08. The van der Waals surface area contributed by atoms with Gasteiger partial charge in [-0.1, -0.05) is 214 Å². The second-order valence-electron chi connectivity index (χ2n) is 17.8. The number of carbonyl (C=O) groups is 3. The summed E-state index contributed by atoms with van der Waals surface area (Å²) in [5.74, 6) is -1.08. The molecule has 0 amide bonds. The van der Waals surface area contributed by atoms with Crippen LogP contribution >= 0.6 is 0 Å². The fraction of sp³-hybridized carbons (Fsp3) is 0.656. The molecule has 0 fully saturated rings. The molecule has 0 aliphatic carbocycles. The van der Waals surface area contributed by atoms with Gasteiger partial charge in [0.05, 0.1) is 0 Å². The van der Waals surface area contributed by atoms with Crippen molar-refractivity contribution in [2.75, 3.05) is 13.2 Å². The van der Waals surface area contributed by atoms with E-state index < -0.39 is 6.10 Å². The first-order valence-electron chi connectivity index (χ1n) is 27.4. The van der Waals surface area contributed by atoms with Crippen molar-refractivity contribution < 1.29 is 28.6 Å². The second-order valence-corrected chi connectivity index (χ2v) is 17.8. The molecule has 0 aromatic heterocycles. The van der Waals surface area contributed by atoms with Crippen LogP contribution in [0.3, 0.4) is 0 Å². The maximum absolute atomic E-state index is 12.8. The van der Waals surface area contributed by atoms with E-state index in [2.05, 4.69) is 118 Å². The predicted octanol–water partition coefficient (Wildman–Crippen LogP) is 18.3. The standard InChI is InChI=1S/C61H100O6/c1-4-7-10-13-16-19-22-25-27-29-30-32-34-37-39-42-45-48-51-54-60(63)66-57-58(67-61(64)55-52-49-46-43-40-35-24-21-18-15-12-9-6-3)56-65-59(62)53-50-47-44-41-38-36-33-31-28-26-23-20-17-14-11-8-5-2/h16,19,21,24-28,30,32-33,36-37,39,41,44-45,48,58H,4-15,17-18,20,22-23,29,31,34-35,38,40,42-43,46-47,49-57H2,1-3H3/b19-16-,24-21-,27-25-,28-26-,32-30-,36-33-,39-37-,44-41-,48-45-/t58-/m0/s1. The Balaban J connectivity index is 4.58. The van der Waals surface area contributed by atoms with Gasteiger partial charge in [-0.3, -0.25) is 14.4 Å². The number of allylic oxidation sites excluding steroid dienone is 18. The van der Waals surface area contributed by atoms with Crippen LogP contribution in [0.25, 0.3) is 0 Å². The zero-order valence-corrected chi connectivity index (χ0v) is 43.4. The molecular formula is C61H100O6. The van der Waals surface area contributed by atoms with Crippen LogP contribution < -0.4 is 0 Å². The molecule has 0 saturated heterocycles. The highest BCUT2D eigenvalue weighted by atomic mass is 16.6. The summed E-state index contributed by atoms with van der Waals surface area (Å²) in [5, 5.41) is 0. The molecule has 0 spiro atoms. The third kappa shape index (κ3) is 52.9. The van der Waals surface area contributed by atoms with Gasteiger partial charge >= 0.3 is 17.9 Å². The molecule has 380 valence electrons. The molecule has 1 atom stereocenters. The summed E-state index contributed by atoms with van der Waals surface area (Å²) < 4.78 is 16.7. The van der Waals surface area contributed by atoms with Crippen molar-refractivity contribution in [3.63, 3.8) is 0 Å². The summed E-state index contributed by atoms with van der Waals surface area (Å²) in [4.78, 5) is 38.0. The van der Waals surface area contributed by atoms with E-state index in [0.29, 0.717) is 12.8 Å². The molecule has 0 aliphatic rings. The Kier molecular flexibility index (Phi) is 51.5. The highest BCUT2D eigenvalue weighted by molar-refractivity contribution is 5.71. The second kappa shape index (κ2) is 54.7. The first-order chi connectivity index (χ1) is 33.0. The van der Waals surface area contributed by atoms with E-state index >= 15 is 0 Å². The normalized spacial score (nSPS) is 12.9. The molecule has 6 nitrogen and oxygen atoms in total. The van der Waals surface area contributed by atoms with E-state index in [1.165, 1.54) is 109 Å². The maximum Gasteiger partial charge on any atom is 0.306 e. The lowest BCUT2D eigenvalue weighted by Gasteiger charge is -2.18. The quantitative estimate of drug-likeness (QED) is 0.0262. The molecule has 67 heavy (non-hydrogen) atoms. The Morgan fingerprint density at radius 3 is 1.03 bits per heavy atom. The molecule has 0 aliphatic heterocycles. The van der Waals surface area contributed by atoms with Crippen molar-refractivity contribution in [1.82, 2.24) is 0 Å². The van der Waals surface area contributed by atoms with Crippen LogP contribution in [-0.2, 0) is 28.6 Å². The van der Waals surface area contributed by atoms with Gasteiger partial charge in [-0.2, -0.15) is 0 Å². The summed E-state index contributed by atoms with van der Waals surface area (Å²) >= 11 is 0. The Bertz CT molecular complexity index is 1390. The largest absolute Gasteiger partial charge is 0.462 e. The van der Waals surface area contributed by atoms with Gasteiger partial charge < -0.3 is 14.2 Å². The lowest BCUT2D eigenvalue weighted by molar-refractivity contribution is -0.166. The van der Waals surface area contributed by atoms with Crippen LogP contribution in [0.2, 0.25) is 0 Å². The minimum atomic E-state index is -0.834. The molecule has 0 rings (SSSR count). The van der Waals surface area contributed by atoms with Crippen LogP contribution in [0.4, 0.5) is 0 Å². The van der Waals surface area contributed by atoms with E-state index in [1.807, 2.05) is 12.2 Å². The summed E-state index contributed by atoms with van der Waals surface area (Å²) in [5.41, 5.74) is 0. The molecule has 6 heteroatoms. The van der Waals surface area contributed by atoms with Crippen molar-refractivity contribution in [1.29, 1.82) is 0 Å². The monoisotopic (exact) mass is 929 g/mol.